The molecule has 0 saturated carbocycles. The van der Waals surface area contributed by atoms with E-state index in [1.807, 2.05) is 6.07 Å². The summed E-state index contributed by atoms with van der Waals surface area (Å²) in [6, 6.07) is 13.0. The van der Waals surface area contributed by atoms with Gasteiger partial charge < -0.3 is 0 Å². The molecule has 0 N–H and O–H groups in total. The molecule has 0 amide bonds. The van der Waals surface area contributed by atoms with Crippen molar-refractivity contribution >= 4 is 40.5 Å². The van der Waals surface area contributed by atoms with Gasteiger partial charge in [0.1, 0.15) is 0 Å². The third-order valence-electron chi connectivity index (χ3n) is 2.63. The summed E-state index contributed by atoms with van der Waals surface area (Å²) in [6.45, 7) is 0. The first-order valence-electron chi connectivity index (χ1n) is 5.30. The largest absolute Gasteiger partial charge is 0.277 e. The molecule has 3 nitrogen and oxygen atoms in total. The number of benzene rings is 2. The van der Waals surface area contributed by atoms with E-state index in [1.165, 1.54) is 18.2 Å². The third-order valence-corrected chi connectivity index (χ3v) is 3.71. The van der Waals surface area contributed by atoms with Crippen LogP contribution in [0.3, 0.4) is 0 Å². The molecule has 0 aliphatic carbocycles. The summed E-state index contributed by atoms with van der Waals surface area (Å²) in [4.78, 5) is 10.5. The molecule has 19 heavy (non-hydrogen) atoms. The molecular weight excluding hydrogens is 309 g/mol. The van der Waals surface area contributed by atoms with Crippen molar-refractivity contribution in [2.45, 2.75) is 4.33 Å². The predicted octanol–water partition coefficient (Wildman–Crippen LogP) is 4.93. The van der Waals surface area contributed by atoms with Crippen molar-refractivity contribution in [2.24, 2.45) is 0 Å². The van der Waals surface area contributed by atoms with Gasteiger partial charge in [-0.2, -0.15) is 0 Å². The molecular formula is C13H8Cl3NO2. The van der Waals surface area contributed by atoms with Gasteiger partial charge in [0, 0.05) is 11.1 Å². The van der Waals surface area contributed by atoms with Gasteiger partial charge in [-0.25, -0.2) is 0 Å². The van der Waals surface area contributed by atoms with Crippen molar-refractivity contribution in [1.82, 2.24) is 0 Å². The maximum atomic E-state index is 11.1. The van der Waals surface area contributed by atoms with Crippen LogP contribution in [0.2, 0.25) is 5.02 Å². The van der Waals surface area contributed by atoms with Crippen LogP contribution in [0.5, 0.6) is 0 Å². The third kappa shape index (κ3) is 2.84. The Morgan fingerprint density at radius 1 is 1.05 bits per heavy atom. The smallest absolute Gasteiger partial charge is 0.258 e. The highest BCUT2D eigenvalue weighted by Gasteiger charge is 2.35. The first-order chi connectivity index (χ1) is 8.93. The van der Waals surface area contributed by atoms with Crippen LogP contribution in [0.4, 0.5) is 5.69 Å². The van der Waals surface area contributed by atoms with E-state index in [1.54, 1.807) is 24.3 Å². The molecule has 0 bridgehead atoms. The first-order valence-corrected chi connectivity index (χ1v) is 6.44. The van der Waals surface area contributed by atoms with E-state index in [9.17, 15) is 10.1 Å². The average molecular weight is 317 g/mol. The fraction of sp³-hybridized carbons (Fsp3) is 0.0769. The highest BCUT2D eigenvalue weighted by atomic mass is 35.5. The van der Waals surface area contributed by atoms with Gasteiger partial charge in [-0.05, 0) is 17.7 Å². The monoisotopic (exact) mass is 315 g/mol. The zero-order valence-corrected chi connectivity index (χ0v) is 11.8. The Morgan fingerprint density at radius 3 is 2.26 bits per heavy atom. The number of nitro benzene ring substituents is 1. The lowest BCUT2D eigenvalue weighted by atomic mass is 10.0. The number of rotatable bonds is 3. The highest BCUT2D eigenvalue weighted by Crippen LogP contribution is 2.45. The average Bonchev–Trinajstić information content (AvgIpc) is 2.39. The Kier molecular flexibility index (Phi) is 3.99. The van der Waals surface area contributed by atoms with Crippen LogP contribution in [-0.4, -0.2) is 4.92 Å². The Balaban J connectivity index is 2.61. The molecule has 0 radical (unpaired) electrons. The number of halogens is 3. The molecule has 0 aliphatic rings. The fourth-order valence-corrected chi connectivity index (χ4v) is 2.46. The quantitative estimate of drug-likeness (QED) is 0.458. The summed E-state index contributed by atoms with van der Waals surface area (Å²) in [5.41, 5.74) is 0.543. The van der Waals surface area contributed by atoms with Crippen LogP contribution in [-0.2, 0) is 4.33 Å². The minimum Gasteiger partial charge on any atom is -0.258 e. The van der Waals surface area contributed by atoms with Crippen LogP contribution < -0.4 is 0 Å². The van der Waals surface area contributed by atoms with Crippen LogP contribution in [0.25, 0.3) is 0 Å². The fourth-order valence-electron chi connectivity index (χ4n) is 1.72. The molecule has 0 atom stereocenters. The van der Waals surface area contributed by atoms with Crippen molar-refractivity contribution < 1.29 is 4.92 Å². The van der Waals surface area contributed by atoms with Crippen LogP contribution in [0.1, 0.15) is 11.1 Å². The zero-order valence-electron chi connectivity index (χ0n) is 9.52. The molecule has 2 rings (SSSR count). The molecule has 2 aromatic rings. The van der Waals surface area contributed by atoms with Crippen LogP contribution in [0, 0.1) is 10.1 Å². The molecule has 6 heteroatoms. The van der Waals surface area contributed by atoms with Gasteiger partial charge in [0.05, 0.1) is 10.5 Å². The SMILES string of the molecule is O=[N+]([O-])c1cc(Cl)ccc1C(Cl)(Cl)c1ccccc1. The number of nitro groups is 1. The van der Waals surface area contributed by atoms with Gasteiger partial charge >= 0.3 is 0 Å². The lowest BCUT2D eigenvalue weighted by Gasteiger charge is -2.20. The number of alkyl halides is 2. The normalized spacial score (nSPS) is 11.3. The van der Waals surface area contributed by atoms with Gasteiger partial charge in [-0.3, -0.25) is 10.1 Å². The molecule has 0 fully saturated rings. The van der Waals surface area contributed by atoms with E-state index in [0.717, 1.165) is 0 Å². The molecule has 2 aromatic carbocycles. The van der Waals surface area contributed by atoms with Gasteiger partial charge in [-0.15, -0.1) is 0 Å². The van der Waals surface area contributed by atoms with E-state index in [-0.39, 0.29) is 16.3 Å². The maximum Gasteiger partial charge on any atom is 0.277 e. The lowest BCUT2D eigenvalue weighted by molar-refractivity contribution is -0.385. The Labute approximate surface area is 124 Å². The molecule has 0 unspecified atom stereocenters. The number of hydrogen-bond acceptors (Lipinski definition) is 2. The van der Waals surface area contributed by atoms with Crippen LogP contribution in [0.15, 0.2) is 48.5 Å². The van der Waals surface area contributed by atoms with Crippen molar-refractivity contribution in [3.05, 3.63) is 74.8 Å². The molecule has 0 heterocycles. The Hall–Kier alpha value is -1.29. The molecule has 98 valence electrons. The molecule has 0 aliphatic heterocycles. The lowest BCUT2D eigenvalue weighted by Crippen LogP contribution is -2.14. The van der Waals surface area contributed by atoms with Crippen LogP contribution >= 0.6 is 34.8 Å². The summed E-state index contributed by atoms with van der Waals surface area (Å²) in [6.07, 6.45) is 0. The number of hydrogen-bond donors (Lipinski definition) is 0. The Morgan fingerprint density at radius 2 is 1.68 bits per heavy atom. The minimum absolute atomic E-state index is 0.191. The van der Waals surface area contributed by atoms with E-state index >= 15 is 0 Å². The standard InChI is InChI=1S/C13H8Cl3NO2/c14-10-6-7-11(12(8-10)17(18)19)13(15,16)9-4-2-1-3-5-9/h1-8H. The second kappa shape index (κ2) is 5.37. The van der Waals surface area contributed by atoms with Gasteiger partial charge in [-0.1, -0.05) is 65.1 Å². The van der Waals surface area contributed by atoms with Crippen molar-refractivity contribution in [2.75, 3.05) is 0 Å². The Bertz CT molecular complexity index is 615. The predicted molar refractivity (Wildman–Crippen MR) is 77.0 cm³/mol. The first kappa shape index (κ1) is 14.1. The van der Waals surface area contributed by atoms with Crippen molar-refractivity contribution in [3.8, 4) is 0 Å². The van der Waals surface area contributed by atoms with Crippen molar-refractivity contribution in [3.63, 3.8) is 0 Å². The van der Waals surface area contributed by atoms with E-state index < -0.39 is 9.26 Å². The van der Waals surface area contributed by atoms with Gasteiger partial charge in [0.2, 0.25) is 0 Å². The topological polar surface area (TPSA) is 43.1 Å². The summed E-state index contributed by atoms with van der Waals surface area (Å²) in [5.74, 6) is 0. The second-order valence-electron chi connectivity index (χ2n) is 3.86. The van der Waals surface area contributed by atoms with E-state index in [4.69, 9.17) is 34.8 Å². The summed E-state index contributed by atoms with van der Waals surface area (Å²) in [5, 5.41) is 11.3. The van der Waals surface area contributed by atoms with E-state index in [2.05, 4.69) is 0 Å². The molecule has 0 spiro atoms. The highest BCUT2D eigenvalue weighted by molar-refractivity contribution is 6.50. The van der Waals surface area contributed by atoms with E-state index in [0.29, 0.717) is 5.56 Å². The minimum atomic E-state index is -1.51. The second-order valence-corrected chi connectivity index (χ2v) is 5.62. The summed E-state index contributed by atoms with van der Waals surface area (Å²) >= 11 is 18.4. The zero-order chi connectivity index (χ0) is 14.0. The van der Waals surface area contributed by atoms with Crippen molar-refractivity contribution in [1.29, 1.82) is 0 Å². The maximum absolute atomic E-state index is 11.1. The van der Waals surface area contributed by atoms with Gasteiger partial charge in [0.25, 0.3) is 5.69 Å². The number of nitrogens with zero attached hydrogens (tertiary/aromatic N) is 1. The summed E-state index contributed by atoms with van der Waals surface area (Å²) in [7, 11) is 0. The molecule has 0 saturated heterocycles. The summed E-state index contributed by atoms with van der Waals surface area (Å²) < 4.78 is -1.51. The van der Waals surface area contributed by atoms with Gasteiger partial charge in [0.15, 0.2) is 4.33 Å². The molecule has 0 aromatic heterocycles.